The predicted molar refractivity (Wildman–Crippen MR) is 91.1 cm³/mol. The topological polar surface area (TPSA) is 65.8 Å². The molecule has 1 aliphatic rings. The van der Waals surface area contributed by atoms with Crippen molar-refractivity contribution in [1.29, 1.82) is 0 Å². The highest BCUT2D eigenvalue weighted by Gasteiger charge is 2.23. The number of amides is 2. The van der Waals surface area contributed by atoms with E-state index in [0.717, 1.165) is 0 Å². The highest BCUT2D eigenvalue weighted by atomic mass is 19.1. The monoisotopic (exact) mass is 345 g/mol. The number of furan rings is 1. The van der Waals surface area contributed by atoms with Crippen molar-refractivity contribution in [2.24, 2.45) is 0 Å². The summed E-state index contributed by atoms with van der Waals surface area (Å²) in [6, 6.07) is 7.92. The average molecular weight is 345 g/mol. The fourth-order valence-electron chi connectivity index (χ4n) is 2.82. The van der Waals surface area contributed by atoms with E-state index < -0.39 is 5.82 Å². The van der Waals surface area contributed by atoms with Crippen LogP contribution in [0, 0.1) is 5.82 Å². The van der Waals surface area contributed by atoms with Gasteiger partial charge in [0.1, 0.15) is 11.6 Å². The Morgan fingerprint density at radius 2 is 1.96 bits per heavy atom. The number of carbonyl (C=O) groups excluding carboxylic acids is 2. The third-order valence-corrected chi connectivity index (χ3v) is 4.26. The van der Waals surface area contributed by atoms with E-state index in [2.05, 4.69) is 5.32 Å². The molecule has 1 aromatic heterocycles. The van der Waals surface area contributed by atoms with Crippen LogP contribution >= 0.6 is 0 Å². The lowest BCUT2D eigenvalue weighted by Gasteiger charge is -2.36. The van der Waals surface area contributed by atoms with E-state index in [9.17, 15) is 14.0 Å². The molecule has 2 heterocycles. The van der Waals surface area contributed by atoms with Gasteiger partial charge in [0.05, 0.1) is 18.5 Å². The Balaban J connectivity index is 1.54. The van der Waals surface area contributed by atoms with Gasteiger partial charge in [0.25, 0.3) is 0 Å². The zero-order valence-electron chi connectivity index (χ0n) is 14.0. The first-order chi connectivity index (χ1) is 12.0. The highest BCUT2D eigenvalue weighted by molar-refractivity contribution is 5.94. The van der Waals surface area contributed by atoms with Crippen molar-refractivity contribution in [2.45, 2.75) is 13.5 Å². The fraction of sp³-hybridized carbons (Fsp3) is 0.333. The van der Waals surface area contributed by atoms with Crippen LogP contribution in [0.15, 0.2) is 41.0 Å². The van der Waals surface area contributed by atoms with E-state index in [4.69, 9.17) is 4.42 Å². The zero-order valence-corrected chi connectivity index (χ0v) is 14.0. The Kier molecular flexibility index (Phi) is 5.02. The molecule has 3 rings (SSSR count). The molecule has 0 aliphatic carbocycles. The maximum Gasteiger partial charge on any atom is 0.317 e. The summed E-state index contributed by atoms with van der Waals surface area (Å²) < 4.78 is 19.4. The van der Waals surface area contributed by atoms with Gasteiger partial charge in [0, 0.05) is 31.7 Å². The normalized spacial score (nSPS) is 14.5. The van der Waals surface area contributed by atoms with Crippen LogP contribution in [-0.4, -0.2) is 42.9 Å². The molecular formula is C18H20FN3O3. The molecule has 1 saturated heterocycles. The smallest absolute Gasteiger partial charge is 0.317 e. The molecule has 2 aromatic rings. The molecule has 7 heteroatoms. The molecule has 1 fully saturated rings. The largest absolute Gasteiger partial charge is 0.467 e. The summed E-state index contributed by atoms with van der Waals surface area (Å²) in [5.74, 6) is 0.117. The summed E-state index contributed by atoms with van der Waals surface area (Å²) >= 11 is 0. The standard InChI is InChI=1S/C18H20FN3O3/c1-13(23)14-4-5-17(16(19)11-14)21-6-8-22(9-7-21)18(24)20-12-15-3-2-10-25-15/h2-5,10-11H,6-9,12H2,1H3,(H,20,24). The van der Waals surface area contributed by atoms with Gasteiger partial charge in [0.15, 0.2) is 5.78 Å². The van der Waals surface area contributed by atoms with Crippen molar-refractivity contribution >= 4 is 17.5 Å². The quantitative estimate of drug-likeness (QED) is 0.865. The number of rotatable bonds is 4. The minimum atomic E-state index is -0.413. The van der Waals surface area contributed by atoms with E-state index in [1.54, 1.807) is 35.4 Å². The van der Waals surface area contributed by atoms with Crippen LogP contribution in [-0.2, 0) is 6.54 Å². The highest BCUT2D eigenvalue weighted by Crippen LogP contribution is 2.22. The molecule has 6 nitrogen and oxygen atoms in total. The number of nitrogens with one attached hydrogen (secondary N) is 1. The molecule has 2 amide bonds. The second-order valence-electron chi connectivity index (χ2n) is 5.93. The number of hydrogen-bond acceptors (Lipinski definition) is 4. The Hall–Kier alpha value is -2.83. The van der Waals surface area contributed by atoms with Crippen LogP contribution in [0.3, 0.4) is 0 Å². The molecule has 0 radical (unpaired) electrons. The lowest BCUT2D eigenvalue weighted by atomic mass is 10.1. The molecule has 1 aromatic carbocycles. The molecule has 0 bridgehead atoms. The Bertz CT molecular complexity index is 753. The summed E-state index contributed by atoms with van der Waals surface area (Å²) in [7, 11) is 0. The number of anilines is 1. The van der Waals surface area contributed by atoms with Crippen molar-refractivity contribution in [2.75, 3.05) is 31.1 Å². The molecular weight excluding hydrogens is 325 g/mol. The maximum atomic E-state index is 14.2. The summed E-state index contributed by atoms with van der Waals surface area (Å²) in [5, 5.41) is 2.80. The number of urea groups is 1. The van der Waals surface area contributed by atoms with Gasteiger partial charge in [-0.15, -0.1) is 0 Å². The molecule has 132 valence electrons. The Morgan fingerprint density at radius 3 is 2.56 bits per heavy atom. The van der Waals surface area contributed by atoms with Gasteiger partial charge in [-0.05, 0) is 37.3 Å². The minimum Gasteiger partial charge on any atom is -0.467 e. The van der Waals surface area contributed by atoms with E-state index >= 15 is 0 Å². The second kappa shape index (κ2) is 7.38. The zero-order chi connectivity index (χ0) is 17.8. The first-order valence-corrected chi connectivity index (χ1v) is 8.15. The fourth-order valence-corrected chi connectivity index (χ4v) is 2.82. The number of carbonyl (C=O) groups is 2. The van der Waals surface area contributed by atoms with Crippen molar-refractivity contribution < 1.29 is 18.4 Å². The second-order valence-corrected chi connectivity index (χ2v) is 5.93. The van der Waals surface area contributed by atoms with Gasteiger partial charge in [0.2, 0.25) is 0 Å². The molecule has 25 heavy (non-hydrogen) atoms. The average Bonchev–Trinajstić information content (AvgIpc) is 3.13. The number of halogens is 1. The van der Waals surface area contributed by atoms with Gasteiger partial charge >= 0.3 is 6.03 Å². The molecule has 0 spiro atoms. The van der Waals surface area contributed by atoms with Gasteiger partial charge in [-0.3, -0.25) is 4.79 Å². The van der Waals surface area contributed by atoms with Gasteiger partial charge in [-0.2, -0.15) is 0 Å². The number of nitrogens with zero attached hydrogens (tertiary/aromatic N) is 2. The number of piperazine rings is 1. The van der Waals surface area contributed by atoms with Crippen molar-refractivity contribution in [3.8, 4) is 0 Å². The van der Waals surface area contributed by atoms with E-state index in [-0.39, 0.29) is 11.8 Å². The maximum absolute atomic E-state index is 14.2. The molecule has 1 aliphatic heterocycles. The SMILES string of the molecule is CC(=O)c1ccc(N2CCN(C(=O)NCc3ccco3)CC2)c(F)c1. The van der Waals surface area contributed by atoms with Crippen LogP contribution in [0.2, 0.25) is 0 Å². The lowest BCUT2D eigenvalue weighted by molar-refractivity contribution is 0.101. The summed E-state index contributed by atoms with van der Waals surface area (Å²) in [4.78, 5) is 27.1. The van der Waals surface area contributed by atoms with Crippen LogP contribution in [0.1, 0.15) is 23.0 Å². The van der Waals surface area contributed by atoms with Gasteiger partial charge in [-0.1, -0.05) is 0 Å². The number of hydrogen-bond donors (Lipinski definition) is 1. The van der Waals surface area contributed by atoms with Gasteiger partial charge in [-0.25, -0.2) is 9.18 Å². The molecule has 1 N–H and O–H groups in total. The van der Waals surface area contributed by atoms with Gasteiger partial charge < -0.3 is 19.5 Å². The van der Waals surface area contributed by atoms with Crippen molar-refractivity contribution in [3.05, 3.63) is 53.7 Å². The van der Waals surface area contributed by atoms with Crippen LogP contribution in [0.25, 0.3) is 0 Å². The number of ketones is 1. The Labute approximate surface area is 145 Å². The molecule has 0 atom stereocenters. The van der Waals surface area contributed by atoms with Crippen molar-refractivity contribution in [1.82, 2.24) is 10.2 Å². The summed E-state index contributed by atoms with van der Waals surface area (Å²) in [6.45, 7) is 3.81. The molecule has 0 unspecified atom stereocenters. The first-order valence-electron chi connectivity index (χ1n) is 8.15. The number of benzene rings is 1. The van der Waals surface area contributed by atoms with E-state index in [0.29, 0.717) is 49.7 Å². The molecule has 0 saturated carbocycles. The van der Waals surface area contributed by atoms with E-state index in [1.807, 2.05) is 4.90 Å². The third kappa shape index (κ3) is 3.99. The lowest BCUT2D eigenvalue weighted by Crippen LogP contribution is -2.51. The Morgan fingerprint density at radius 1 is 1.20 bits per heavy atom. The number of Topliss-reactive ketones (excluding diaryl/α,β-unsaturated/α-hetero) is 1. The predicted octanol–water partition coefficient (Wildman–Crippen LogP) is 2.65. The van der Waals surface area contributed by atoms with Crippen LogP contribution in [0.4, 0.5) is 14.9 Å². The summed E-state index contributed by atoms with van der Waals surface area (Å²) in [5.41, 5.74) is 0.817. The van der Waals surface area contributed by atoms with Crippen LogP contribution in [0.5, 0.6) is 0 Å². The minimum absolute atomic E-state index is 0.163. The third-order valence-electron chi connectivity index (χ3n) is 4.26. The van der Waals surface area contributed by atoms with E-state index in [1.165, 1.54) is 13.0 Å². The van der Waals surface area contributed by atoms with Crippen molar-refractivity contribution in [3.63, 3.8) is 0 Å². The first kappa shape index (κ1) is 17.0. The summed E-state index contributed by atoms with van der Waals surface area (Å²) in [6.07, 6.45) is 1.56. The van der Waals surface area contributed by atoms with Crippen LogP contribution < -0.4 is 10.2 Å².